The summed E-state index contributed by atoms with van der Waals surface area (Å²) in [6, 6.07) is 3.41. The first-order chi connectivity index (χ1) is 13.9. The highest BCUT2D eigenvalue weighted by Gasteiger charge is 2.40. The quantitative estimate of drug-likeness (QED) is 0.372. The molecule has 0 radical (unpaired) electrons. The molecule has 1 unspecified atom stereocenters. The molecule has 1 aromatic heterocycles. The Kier molecular flexibility index (Phi) is 5.68. The maximum absolute atomic E-state index is 12.8. The smallest absolute Gasteiger partial charge is 0.319 e. The van der Waals surface area contributed by atoms with Gasteiger partial charge in [-0.05, 0) is 51.7 Å². The minimum Gasteiger partial charge on any atom is -0.465 e. The number of amides is 2. The van der Waals surface area contributed by atoms with Crippen molar-refractivity contribution in [1.82, 2.24) is 4.98 Å². The van der Waals surface area contributed by atoms with Gasteiger partial charge in [0.2, 0.25) is 0 Å². The van der Waals surface area contributed by atoms with Crippen molar-refractivity contribution in [1.29, 1.82) is 0 Å². The molecule has 1 aromatic carbocycles. The number of carbonyl (C=O) groups is 3. The van der Waals surface area contributed by atoms with Gasteiger partial charge in [0.1, 0.15) is 5.25 Å². The zero-order chi connectivity index (χ0) is 20.7. The van der Waals surface area contributed by atoms with E-state index in [2.05, 4.69) is 4.98 Å². The van der Waals surface area contributed by atoms with E-state index in [0.29, 0.717) is 51.2 Å². The second-order valence-electron chi connectivity index (χ2n) is 6.87. The lowest BCUT2D eigenvalue weighted by atomic mass is 9.93. The zero-order valence-electron chi connectivity index (χ0n) is 16.0. The van der Waals surface area contributed by atoms with Crippen molar-refractivity contribution in [2.75, 3.05) is 11.5 Å². The van der Waals surface area contributed by atoms with Crippen LogP contribution in [0.15, 0.2) is 27.6 Å². The molecular weight excluding hydrogens is 432 g/mol. The van der Waals surface area contributed by atoms with Crippen LogP contribution in [0.2, 0.25) is 5.02 Å². The fourth-order valence-corrected chi connectivity index (χ4v) is 6.10. The third-order valence-corrected chi connectivity index (χ3v) is 7.46. The number of fused-ring (bicyclic) bond motifs is 1. The average molecular weight is 451 g/mol. The number of thiazole rings is 1. The SMILES string of the molecule is CCOC(=O)C(C)Sc1nc2cc(N3C(=O)C4=C(CCCC4)C3=O)c(Cl)cc2s1. The lowest BCUT2D eigenvalue weighted by Gasteiger charge is -2.16. The minimum absolute atomic E-state index is 0.272. The van der Waals surface area contributed by atoms with Crippen molar-refractivity contribution in [2.24, 2.45) is 0 Å². The van der Waals surface area contributed by atoms with Gasteiger partial charge in [0, 0.05) is 11.1 Å². The number of hydrogen-bond donors (Lipinski definition) is 0. The van der Waals surface area contributed by atoms with E-state index in [1.807, 2.05) is 0 Å². The van der Waals surface area contributed by atoms with Crippen molar-refractivity contribution in [3.63, 3.8) is 0 Å². The molecule has 1 atom stereocenters. The molecule has 6 nitrogen and oxygen atoms in total. The summed E-state index contributed by atoms with van der Waals surface area (Å²) in [5.41, 5.74) is 2.24. The molecule has 29 heavy (non-hydrogen) atoms. The van der Waals surface area contributed by atoms with Gasteiger partial charge in [0.05, 0.1) is 27.5 Å². The summed E-state index contributed by atoms with van der Waals surface area (Å²) in [4.78, 5) is 43.3. The van der Waals surface area contributed by atoms with Crippen LogP contribution in [0.3, 0.4) is 0 Å². The largest absolute Gasteiger partial charge is 0.465 e. The van der Waals surface area contributed by atoms with Gasteiger partial charge < -0.3 is 4.74 Å². The van der Waals surface area contributed by atoms with E-state index in [1.165, 1.54) is 28.0 Å². The number of ether oxygens (including phenoxy) is 1. The van der Waals surface area contributed by atoms with E-state index in [4.69, 9.17) is 16.3 Å². The Morgan fingerprint density at radius 3 is 2.55 bits per heavy atom. The molecule has 0 N–H and O–H groups in total. The molecule has 2 heterocycles. The number of hydrogen-bond acceptors (Lipinski definition) is 7. The van der Waals surface area contributed by atoms with Crippen LogP contribution in [0.4, 0.5) is 5.69 Å². The molecule has 4 rings (SSSR count). The lowest BCUT2D eigenvalue weighted by Crippen LogP contribution is -2.31. The molecule has 0 fully saturated rings. The lowest BCUT2D eigenvalue weighted by molar-refractivity contribution is -0.142. The number of thioether (sulfide) groups is 1. The normalized spacial score (nSPS) is 17.8. The Bertz CT molecular complexity index is 1030. The van der Waals surface area contributed by atoms with Crippen LogP contribution in [0.5, 0.6) is 0 Å². The third-order valence-electron chi connectivity index (χ3n) is 4.96. The molecule has 2 aliphatic rings. The van der Waals surface area contributed by atoms with Crippen LogP contribution >= 0.6 is 34.7 Å². The first-order valence-corrected chi connectivity index (χ1v) is 11.5. The van der Waals surface area contributed by atoms with Crippen LogP contribution < -0.4 is 4.90 Å². The molecule has 0 saturated carbocycles. The second-order valence-corrected chi connectivity index (χ2v) is 9.90. The fraction of sp³-hybridized carbons (Fsp3) is 0.400. The number of anilines is 1. The van der Waals surface area contributed by atoms with Crippen LogP contribution in [0, 0.1) is 0 Å². The molecule has 0 saturated heterocycles. The fourth-order valence-electron chi connectivity index (χ4n) is 3.56. The van der Waals surface area contributed by atoms with E-state index in [-0.39, 0.29) is 23.0 Å². The summed E-state index contributed by atoms with van der Waals surface area (Å²) in [5, 5.41) is -0.0548. The van der Waals surface area contributed by atoms with E-state index >= 15 is 0 Å². The van der Waals surface area contributed by atoms with Gasteiger partial charge in [-0.25, -0.2) is 9.88 Å². The van der Waals surface area contributed by atoms with Gasteiger partial charge in [-0.3, -0.25) is 14.4 Å². The maximum atomic E-state index is 12.8. The van der Waals surface area contributed by atoms with Gasteiger partial charge in [0.15, 0.2) is 4.34 Å². The van der Waals surface area contributed by atoms with Crippen LogP contribution in [0.25, 0.3) is 10.2 Å². The van der Waals surface area contributed by atoms with Gasteiger partial charge in [-0.15, -0.1) is 11.3 Å². The summed E-state index contributed by atoms with van der Waals surface area (Å²) in [5.74, 6) is -0.834. The number of aromatic nitrogens is 1. The minimum atomic E-state index is -0.386. The zero-order valence-corrected chi connectivity index (χ0v) is 18.4. The van der Waals surface area contributed by atoms with E-state index in [0.717, 1.165) is 17.5 Å². The summed E-state index contributed by atoms with van der Waals surface area (Å²) in [7, 11) is 0. The van der Waals surface area contributed by atoms with Crippen molar-refractivity contribution < 1.29 is 19.1 Å². The number of carbonyl (C=O) groups excluding carboxylic acids is 3. The first kappa shape index (κ1) is 20.4. The highest BCUT2D eigenvalue weighted by Crippen LogP contribution is 2.41. The van der Waals surface area contributed by atoms with Crippen LogP contribution in [0.1, 0.15) is 39.5 Å². The summed E-state index contributed by atoms with van der Waals surface area (Å²) < 4.78 is 6.56. The molecule has 1 aliphatic heterocycles. The Balaban J connectivity index is 1.64. The molecule has 2 aromatic rings. The monoisotopic (exact) mass is 450 g/mol. The second kappa shape index (κ2) is 8.08. The number of imide groups is 1. The molecule has 2 amide bonds. The highest BCUT2D eigenvalue weighted by molar-refractivity contribution is 8.02. The molecule has 0 bridgehead atoms. The number of nitrogens with zero attached hydrogens (tertiary/aromatic N) is 2. The predicted molar refractivity (Wildman–Crippen MR) is 115 cm³/mol. The van der Waals surface area contributed by atoms with Crippen molar-refractivity contribution in [3.8, 4) is 0 Å². The summed E-state index contributed by atoms with van der Waals surface area (Å²) >= 11 is 9.17. The van der Waals surface area contributed by atoms with Gasteiger partial charge in [-0.2, -0.15) is 0 Å². The number of esters is 1. The van der Waals surface area contributed by atoms with E-state index < -0.39 is 0 Å². The molecule has 0 spiro atoms. The summed E-state index contributed by atoms with van der Waals surface area (Å²) in [6.45, 7) is 3.87. The maximum Gasteiger partial charge on any atom is 0.319 e. The Morgan fingerprint density at radius 2 is 1.93 bits per heavy atom. The molecule has 1 aliphatic carbocycles. The summed E-state index contributed by atoms with van der Waals surface area (Å²) in [6.07, 6.45) is 3.12. The Hall–Kier alpha value is -1.90. The van der Waals surface area contributed by atoms with Crippen LogP contribution in [-0.4, -0.2) is 34.6 Å². The predicted octanol–water partition coefficient (Wildman–Crippen LogP) is 4.74. The topological polar surface area (TPSA) is 76.6 Å². The van der Waals surface area contributed by atoms with Crippen molar-refractivity contribution in [2.45, 2.75) is 49.1 Å². The average Bonchev–Trinajstić information content (AvgIpc) is 3.19. The molecule has 152 valence electrons. The first-order valence-electron chi connectivity index (χ1n) is 9.45. The standard InChI is InChI=1S/C20H19ClN2O4S2/c1-3-27-19(26)10(2)28-20-22-14-9-15(13(21)8-16(14)29-20)23-17(24)11-6-4-5-7-12(11)18(23)25/h8-10H,3-7H2,1-2H3. The number of benzene rings is 1. The Labute approximate surface area is 181 Å². The number of rotatable bonds is 5. The third kappa shape index (κ3) is 3.69. The van der Waals surface area contributed by atoms with Gasteiger partial charge in [-0.1, -0.05) is 23.4 Å². The van der Waals surface area contributed by atoms with Gasteiger partial charge in [0.25, 0.3) is 11.8 Å². The van der Waals surface area contributed by atoms with E-state index in [1.54, 1.807) is 26.0 Å². The van der Waals surface area contributed by atoms with Gasteiger partial charge >= 0.3 is 5.97 Å². The van der Waals surface area contributed by atoms with E-state index in [9.17, 15) is 14.4 Å². The Morgan fingerprint density at radius 1 is 1.28 bits per heavy atom. The molecular formula is C20H19ClN2O4S2. The van der Waals surface area contributed by atoms with Crippen LogP contribution in [-0.2, 0) is 19.1 Å². The number of halogens is 1. The van der Waals surface area contributed by atoms with Crippen molar-refractivity contribution >= 4 is 68.4 Å². The molecule has 9 heteroatoms. The van der Waals surface area contributed by atoms with Crippen molar-refractivity contribution in [3.05, 3.63) is 28.3 Å². The highest BCUT2D eigenvalue weighted by atomic mass is 35.5.